The van der Waals surface area contributed by atoms with Gasteiger partial charge in [-0.15, -0.1) is 0 Å². The van der Waals surface area contributed by atoms with Crippen LogP contribution in [0.2, 0.25) is 0 Å². The van der Waals surface area contributed by atoms with Crippen LogP contribution in [0.25, 0.3) is 6.08 Å². The first kappa shape index (κ1) is 25.6. The zero-order valence-corrected chi connectivity index (χ0v) is 23.1. The number of para-hydroxylation sites is 1. The number of benzene rings is 4. The van der Waals surface area contributed by atoms with Gasteiger partial charge < -0.3 is 4.74 Å². The minimum Gasteiger partial charge on any atom is -0.497 e. The van der Waals surface area contributed by atoms with Crippen molar-refractivity contribution in [2.75, 3.05) is 11.4 Å². The summed E-state index contributed by atoms with van der Waals surface area (Å²) in [6, 6.07) is 34.4. The molecule has 7 heteroatoms. The fourth-order valence-corrected chi connectivity index (χ4v) is 6.80. The zero-order chi connectivity index (χ0) is 27.7. The Morgan fingerprint density at radius 2 is 1.45 bits per heavy atom. The average molecular weight is 548 g/mol. The van der Waals surface area contributed by atoms with Crippen LogP contribution in [0.1, 0.15) is 27.9 Å². The van der Waals surface area contributed by atoms with Gasteiger partial charge in [0.25, 0.3) is 10.0 Å². The zero-order valence-electron chi connectivity index (χ0n) is 22.3. The van der Waals surface area contributed by atoms with E-state index in [9.17, 15) is 8.42 Å². The fraction of sp³-hybridized carbons (Fsp3) is 0.121. The second-order valence-electron chi connectivity index (χ2n) is 9.93. The van der Waals surface area contributed by atoms with E-state index in [4.69, 9.17) is 4.74 Å². The summed E-state index contributed by atoms with van der Waals surface area (Å²) < 4.78 is 34.9. The number of nitrogens with one attached hydrogen (secondary N) is 1. The van der Waals surface area contributed by atoms with Gasteiger partial charge in [-0.3, -0.25) is 5.10 Å². The summed E-state index contributed by atoms with van der Waals surface area (Å²) in [6.45, 7) is 1.93. The van der Waals surface area contributed by atoms with Crippen molar-refractivity contribution in [2.45, 2.75) is 23.7 Å². The quantitative estimate of drug-likeness (QED) is 0.243. The molecular formula is C33H29N3O3S. The predicted molar refractivity (Wildman–Crippen MR) is 158 cm³/mol. The van der Waals surface area contributed by atoms with Crippen molar-refractivity contribution < 1.29 is 13.2 Å². The van der Waals surface area contributed by atoms with E-state index in [2.05, 4.69) is 40.5 Å². The number of aryl methyl sites for hydroxylation is 1. The summed E-state index contributed by atoms with van der Waals surface area (Å²) in [7, 11) is -2.31. The number of fused-ring (bicyclic) bond motifs is 1. The maximum absolute atomic E-state index is 14.1. The lowest BCUT2D eigenvalue weighted by molar-refractivity contribution is 0.414. The van der Waals surface area contributed by atoms with E-state index in [0.717, 1.165) is 33.7 Å². The topological polar surface area (TPSA) is 75.3 Å². The number of aromatic amines is 1. The Morgan fingerprint density at radius 3 is 2.10 bits per heavy atom. The highest BCUT2D eigenvalue weighted by atomic mass is 32.2. The third kappa shape index (κ3) is 4.38. The monoisotopic (exact) mass is 547 g/mol. The first-order valence-corrected chi connectivity index (χ1v) is 14.5. The molecule has 6 nitrogen and oxygen atoms in total. The number of aromatic nitrogens is 2. The fourth-order valence-electron chi connectivity index (χ4n) is 5.35. The van der Waals surface area contributed by atoms with Crippen molar-refractivity contribution >= 4 is 27.6 Å². The van der Waals surface area contributed by atoms with Crippen molar-refractivity contribution in [1.82, 2.24) is 10.2 Å². The van der Waals surface area contributed by atoms with E-state index in [1.165, 1.54) is 4.31 Å². The number of H-pyrrole nitrogens is 1. The smallest absolute Gasteiger partial charge is 0.269 e. The summed E-state index contributed by atoms with van der Waals surface area (Å²) in [5.41, 5.74) is 4.87. The predicted octanol–water partition coefficient (Wildman–Crippen LogP) is 6.81. The Bertz CT molecular complexity index is 1760. The molecule has 1 unspecified atom stereocenters. The number of allylic oxidation sites excluding steroid dienone is 1. The molecule has 40 heavy (non-hydrogen) atoms. The van der Waals surface area contributed by atoms with E-state index >= 15 is 0 Å². The van der Waals surface area contributed by atoms with E-state index in [1.54, 1.807) is 43.5 Å². The van der Waals surface area contributed by atoms with Gasteiger partial charge in [0.05, 0.1) is 17.7 Å². The van der Waals surface area contributed by atoms with Gasteiger partial charge in [0.2, 0.25) is 0 Å². The molecule has 1 N–H and O–H groups in total. The van der Waals surface area contributed by atoms with Crippen LogP contribution < -0.4 is 9.04 Å². The number of methoxy groups -OCH3 is 1. The summed E-state index contributed by atoms with van der Waals surface area (Å²) in [4.78, 5) is 0.204. The molecule has 1 aliphatic rings. The third-order valence-corrected chi connectivity index (χ3v) is 9.22. The Balaban J connectivity index is 1.49. The van der Waals surface area contributed by atoms with Gasteiger partial charge in [-0.2, -0.15) is 5.10 Å². The van der Waals surface area contributed by atoms with Crippen LogP contribution >= 0.6 is 0 Å². The Labute approximate surface area is 234 Å². The maximum Gasteiger partial charge on any atom is 0.269 e. The number of ether oxygens (including phenoxy) is 1. The molecule has 0 aliphatic heterocycles. The van der Waals surface area contributed by atoms with Crippen molar-refractivity contribution in [3.05, 3.63) is 143 Å². The SMILES string of the molecule is COc1ccc(C2(c3ccccc3)C=Cc3c(N(c4ccccc4)S(=O)(=O)c4ccc(C)cc4)n[nH]c3C2)cc1. The summed E-state index contributed by atoms with van der Waals surface area (Å²) >= 11 is 0. The molecule has 0 fully saturated rings. The molecule has 1 heterocycles. The lowest BCUT2D eigenvalue weighted by Gasteiger charge is -2.35. The Hall–Kier alpha value is -4.62. The molecule has 6 rings (SSSR count). The van der Waals surface area contributed by atoms with Gasteiger partial charge in [-0.1, -0.05) is 90.5 Å². The van der Waals surface area contributed by atoms with Crippen LogP contribution in [0.4, 0.5) is 11.5 Å². The summed E-state index contributed by atoms with van der Waals surface area (Å²) in [5, 5.41) is 7.81. The molecule has 0 bridgehead atoms. The highest BCUT2D eigenvalue weighted by Crippen LogP contribution is 2.45. The van der Waals surface area contributed by atoms with Crippen LogP contribution in [-0.4, -0.2) is 25.7 Å². The number of nitrogens with zero attached hydrogens (tertiary/aromatic N) is 2. The van der Waals surface area contributed by atoms with Gasteiger partial charge in [0.15, 0.2) is 5.82 Å². The second-order valence-corrected chi connectivity index (χ2v) is 11.7. The van der Waals surface area contributed by atoms with Crippen LogP contribution in [0.5, 0.6) is 5.75 Å². The van der Waals surface area contributed by atoms with E-state index in [1.807, 2.05) is 61.5 Å². The molecule has 200 valence electrons. The molecule has 0 saturated carbocycles. The van der Waals surface area contributed by atoms with Crippen LogP contribution in [0.15, 0.2) is 120 Å². The van der Waals surface area contributed by atoms with Crippen LogP contribution in [0.3, 0.4) is 0 Å². The van der Waals surface area contributed by atoms with E-state index in [0.29, 0.717) is 17.9 Å². The molecule has 4 aromatic carbocycles. The van der Waals surface area contributed by atoms with Crippen LogP contribution in [0, 0.1) is 6.92 Å². The molecule has 1 atom stereocenters. The van der Waals surface area contributed by atoms with Crippen molar-refractivity contribution in [3.63, 3.8) is 0 Å². The van der Waals surface area contributed by atoms with E-state index in [-0.39, 0.29) is 4.90 Å². The molecule has 0 amide bonds. The standard InChI is InChI=1S/C33H29N3O3S/c1-24-13-19-29(20-14-24)40(37,38)36(27-11-7-4-8-12-27)32-30-21-22-33(23-31(30)34-35-32,25-9-5-3-6-10-25)26-15-17-28(39-2)18-16-26/h3-22H,23H2,1-2H3,(H,34,35). The van der Waals surface area contributed by atoms with Crippen molar-refractivity contribution in [3.8, 4) is 5.75 Å². The molecule has 0 saturated heterocycles. The molecule has 0 spiro atoms. The van der Waals surface area contributed by atoms with Gasteiger partial charge in [0, 0.05) is 23.1 Å². The third-order valence-electron chi connectivity index (χ3n) is 7.49. The first-order chi connectivity index (χ1) is 19.4. The van der Waals surface area contributed by atoms with Crippen LogP contribution in [-0.2, 0) is 21.9 Å². The molecule has 0 radical (unpaired) electrons. The average Bonchev–Trinajstić information content (AvgIpc) is 3.40. The van der Waals surface area contributed by atoms with Gasteiger partial charge in [-0.25, -0.2) is 12.7 Å². The normalized spacial score (nSPS) is 16.4. The highest BCUT2D eigenvalue weighted by molar-refractivity contribution is 7.93. The van der Waals surface area contributed by atoms with E-state index < -0.39 is 15.4 Å². The number of anilines is 2. The van der Waals surface area contributed by atoms with Gasteiger partial charge >= 0.3 is 0 Å². The minimum absolute atomic E-state index is 0.204. The highest BCUT2D eigenvalue weighted by Gasteiger charge is 2.39. The van der Waals surface area contributed by atoms with Crippen molar-refractivity contribution in [2.24, 2.45) is 0 Å². The number of rotatable bonds is 7. The molecule has 1 aliphatic carbocycles. The lowest BCUT2D eigenvalue weighted by Crippen LogP contribution is -2.31. The van der Waals surface area contributed by atoms with Gasteiger partial charge in [-0.05, 0) is 54.4 Å². The number of sulfonamides is 1. The number of hydrogen-bond acceptors (Lipinski definition) is 4. The summed E-state index contributed by atoms with van der Waals surface area (Å²) in [5.74, 6) is 1.13. The molecular weight excluding hydrogens is 518 g/mol. The first-order valence-electron chi connectivity index (χ1n) is 13.1. The maximum atomic E-state index is 14.1. The Morgan fingerprint density at radius 1 is 0.825 bits per heavy atom. The largest absolute Gasteiger partial charge is 0.497 e. The number of hydrogen-bond donors (Lipinski definition) is 1. The Kier molecular flexibility index (Phi) is 6.52. The van der Waals surface area contributed by atoms with Gasteiger partial charge in [0.1, 0.15) is 5.75 Å². The lowest BCUT2D eigenvalue weighted by atomic mass is 9.68. The minimum atomic E-state index is -3.97. The summed E-state index contributed by atoms with van der Waals surface area (Å²) in [6.07, 6.45) is 4.73. The molecule has 5 aromatic rings. The second kappa shape index (κ2) is 10.2. The molecule has 1 aromatic heterocycles. The van der Waals surface area contributed by atoms with Crippen molar-refractivity contribution in [1.29, 1.82) is 0 Å².